The molecule has 1 saturated carbocycles. The van der Waals surface area contributed by atoms with Crippen LogP contribution in [-0.2, 0) is 17.3 Å². The Morgan fingerprint density at radius 1 is 1.03 bits per heavy atom. The number of fused-ring (bicyclic) bond motifs is 1. The molecular formula is C28H35F4NO. The molecule has 0 spiro atoms. The van der Waals surface area contributed by atoms with Gasteiger partial charge in [0.2, 0.25) is 0 Å². The van der Waals surface area contributed by atoms with Gasteiger partial charge in [-0.2, -0.15) is 13.2 Å². The monoisotopic (exact) mass is 477 g/mol. The van der Waals surface area contributed by atoms with Crippen LogP contribution in [0.25, 0.3) is 0 Å². The number of ether oxygens (including phenoxy) is 1. The fourth-order valence-corrected chi connectivity index (χ4v) is 5.90. The Labute approximate surface area is 200 Å². The molecule has 34 heavy (non-hydrogen) atoms. The summed E-state index contributed by atoms with van der Waals surface area (Å²) in [5.74, 6) is 0.204. The molecule has 6 heteroatoms. The number of rotatable bonds is 5. The van der Waals surface area contributed by atoms with Crippen molar-refractivity contribution in [1.82, 2.24) is 4.98 Å². The van der Waals surface area contributed by atoms with E-state index in [0.29, 0.717) is 5.56 Å². The zero-order valence-corrected chi connectivity index (χ0v) is 20.7. The molecule has 2 aromatic rings. The van der Waals surface area contributed by atoms with E-state index in [9.17, 15) is 13.2 Å². The lowest BCUT2D eigenvalue weighted by Gasteiger charge is -2.39. The molecule has 2 atom stereocenters. The fourth-order valence-electron chi connectivity index (χ4n) is 5.90. The van der Waals surface area contributed by atoms with Crippen molar-refractivity contribution < 1.29 is 22.3 Å². The first-order valence-corrected chi connectivity index (χ1v) is 12.3. The van der Waals surface area contributed by atoms with Gasteiger partial charge < -0.3 is 4.74 Å². The van der Waals surface area contributed by atoms with Crippen LogP contribution < -0.4 is 0 Å². The maximum Gasteiger partial charge on any atom is 0.416 e. The van der Waals surface area contributed by atoms with Gasteiger partial charge >= 0.3 is 6.18 Å². The zero-order chi connectivity index (χ0) is 24.8. The van der Waals surface area contributed by atoms with E-state index in [1.165, 1.54) is 12.1 Å². The van der Waals surface area contributed by atoms with E-state index in [-0.39, 0.29) is 28.9 Å². The SMILES string of the molecule is CO[C@H]1CC(C)(C)Cc2nc(C(C)C)c([C@@H](F)c3ccc(C(F)(F)F)cc3)c(C3CCCC3)c21. The second-order valence-electron chi connectivity index (χ2n) is 11.1. The predicted molar refractivity (Wildman–Crippen MR) is 126 cm³/mol. The third-order valence-corrected chi connectivity index (χ3v) is 7.51. The maximum absolute atomic E-state index is 16.4. The smallest absolute Gasteiger partial charge is 0.377 e. The van der Waals surface area contributed by atoms with Crippen LogP contribution in [0.15, 0.2) is 24.3 Å². The van der Waals surface area contributed by atoms with E-state index in [0.717, 1.165) is 73.2 Å². The average molecular weight is 478 g/mol. The standard InChI is InChI=1S/C28H35F4NO/c1-16(2)26-24(25(29)18-10-12-19(13-11-18)28(30,31)32)22(17-8-6-7-9-17)23-20(33-26)14-27(3,4)15-21(23)34-5/h10-13,16-17,21,25H,6-9,14-15H2,1-5H3/t21-,25-/m0/s1. The summed E-state index contributed by atoms with van der Waals surface area (Å²) in [6.45, 7) is 8.44. The Kier molecular flexibility index (Phi) is 6.84. The van der Waals surface area contributed by atoms with Crippen LogP contribution in [0, 0.1) is 5.41 Å². The molecule has 2 nitrogen and oxygen atoms in total. The van der Waals surface area contributed by atoms with Crippen LogP contribution in [0.1, 0.15) is 123 Å². The van der Waals surface area contributed by atoms with Gasteiger partial charge in [0, 0.05) is 29.6 Å². The molecule has 0 saturated heterocycles. The van der Waals surface area contributed by atoms with Gasteiger partial charge in [0.05, 0.1) is 11.7 Å². The van der Waals surface area contributed by atoms with Gasteiger partial charge in [-0.15, -0.1) is 0 Å². The van der Waals surface area contributed by atoms with Gasteiger partial charge in [-0.1, -0.05) is 52.7 Å². The number of nitrogens with zero attached hydrogens (tertiary/aromatic N) is 1. The number of hydrogen-bond acceptors (Lipinski definition) is 2. The highest BCUT2D eigenvalue weighted by atomic mass is 19.4. The van der Waals surface area contributed by atoms with Crippen molar-refractivity contribution in [3.63, 3.8) is 0 Å². The van der Waals surface area contributed by atoms with E-state index < -0.39 is 17.9 Å². The molecule has 2 aliphatic carbocycles. The number of hydrogen-bond donors (Lipinski definition) is 0. The van der Waals surface area contributed by atoms with E-state index in [1.807, 2.05) is 13.8 Å². The molecule has 186 valence electrons. The normalized spacial score (nSPS) is 21.6. The largest absolute Gasteiger partial charge is 0.416 e. The first kappa shape index (κ1) is 25.2. The summed E-state index contributed by atoms with van der Waals surface area (Å²) in [5, 5.41) is 0. The molecule has 1 heterocycles. The van der Waals surface area contributed by atoms with Gasteiger partial charge in [0.25, 0.3) is 0 Å². The molecule has 1 aromatic carbocycles. The fraction of sp³-hybridized carbons (Fsp3) is 0.607. The van der Waals surface area contributed by atoms with Gasteiger partial charge in [-0.05, 0) is 66.2 Å². The van der Waals surface area contributed by atoms with Crippen molar-refractivity contribution in [3.05, 3.63) is 63.5 Å². The molecule has 4 rings (SSSR count). The molecular weight excluding hydrogens is 442 g/mol. The Balaban J connectivity index is 1.94. The Bertz CT molecular complexity index is 1020. The number of methoxy groups -OCH3 is 1. The Morgan fingerprint density at radius 3 is 2.18 bits per heavy atom. The quantitative estimate of drug-likeness (QED) is 0.402. The molecule has 1 aromatic heterocycles. The van der Waals surface area contributed by atoms with Crippen LogP contribution in [0.5, 0.6) is 0 Å². The lowest BCUT2D eigenvalue weighted by atomic mass is 9.70. The summed E-state index contributed by atoms with van der Waals surface area (Å²) in [5.41, 5.74) is 3.81. The second kappa shape index (κ2) is 9.25. The minimum atomic E-state index is -4.45. The number of alkyl halides is 4. The van der Waals surface area contributed by atoms with E-state index in [4.69, 9.17) is 9.72 Å². The second-order valence-corrected chi connectivity index (χ2v) is 11.1. The molecule has 0 unspecified atom stereocenters. The first-order valence-electron chi connectivity index (χ1n) is 12.3. The first-order chi connectivity index (χ1) is 15.9. The minimum Gasteiger partial charge on any atom is -0.377 e. The number of halogens is 4. The summed E-state index contributed by atoms with van der Waals surface area (Å²) in [6.07, 6.45) is -0.358. The van der Waals surface area contributed by atoms with Crippen LogP contribution in [0.4, 0.5) is 17.6 Å². The highest BCUT2D eigenvalue weighted by Gasteiger charge is 2.40. The van der Waals surface area contributed by atoms with Crippen molar-refractivity contribution in [2.75, 3.05) is 7.11 Å². The summed E-state index contributed by atoms with van der Waals surface area (Å²) < 4.78 is 61.7. The van der Waals surface area contributed by atoms with Crippen molar-refractivity contribution >= 4 is 0 Å². The lowest BCUT2D eigenvalue weighted by molar-refractivity contribution is -0.137. The predicted octanol–water partition coefficient (Wildman–Crippen LogP) is 8.60. The van der Waals surface area contributed by atoms with Gasteiger partial charge in [0.15, 0.2) is 6.17 Å². The van der Waals surface area contributed by atoms with Crippen LogP contribution in [-0.4, -0.2) is 12.1 Å². The van der Waals surface area contributed by atoms with Crippen molar-refractivity contribution in [3.8, 4) is 0 Å². The molecule has 0 N–H and O–H groups in total. The summed E-state index contributed by atoms with van der Waals surface area (Å²) in [7, 11) is 1.70. The zero-order valence-electron chi connectivity index (χ0n) is 20.7. The van der Waals surface area contributed by atoms with Gasteiger partial charge in [-0.3, -0.25) is 4.98 Å². The van der Waals surface area contributed by atoms with E-state index in [2.05, 4.69) is 13.8 Å². The summed E-state index contributed by atoms with van der Waals surface area (Å²) in [6, 6.07) is 4.48. The topological polar surface area (TPSA) is 22.1 Å². The van der Waals surface area contributed by atoms with Crippen molar-refractivity contribution in [1.29, 1.82) is 0 Å². The summed E-state index contributed by atoms with van der Waals surface area (Å²) >= 11 is 0. The van der Waals surface area contributed by atoms with Crippen LogP contribution >= 0.6 is 0 Å². The molecule has 0 radical (unpaired) electrons. The maximum atomic E-state index is 16.4. The molecule has 0 amide bonds. The third-order valence-electron chi connectivity index (χ3n) is 7.51. The molecule has 1 fully saturated rings. The van der Waals surface area contributed by atoms with Crippen molar-refractivity contribution in [2.24, 2.45) is 5.41 Å². The van der Waals surface area contributed by atoms with Crippen molar-refractivity contribution in [2.45, 2.75) is 96.5 Å². The lowest BCUT2D eigenvalue weighted by Crippen LogP contribution is -2.31. The third kappa shape index (κ3) is 4.75. The Hall–Kier alpha value is -1.95. The van der Waals surface area contributed by atoms with Gasteiger partial charge in [-0.25, -0.2) is 4.39 Å². The van der Waals surface area contributed by atoms with Crippen LogP contribution in [0.2, 0.25) is 0 Å². The van der Waals surface area contributed by atoms with E-state index >= 15 is 4.39 Å². The average Bonchev–Trinajstić information content (AvgIpc) is 3.30. The highest BCUT2D eigenvalue weighted by Crippen LogP contribution is 2.51. The molecule has 0 aliphatic heterocycles. The number of aromatic nitrogens is 1. The molecule has 0 bridgehead atoms. The summed E-state index contributed by atoms with van der Waals surface area (Å²) in [4.78, 5) is 5.04. The Morgan fingerprint density at radius 2 is 1.65 bits per heavy atom. The van der Waals surface area contributed by atoms with Crippen LogP contribution in [0.3, 0.4) is 0 Å². The minimum absolute atomic E-state index is 0.0146. The number of pyridine rings is 1. The van der Waals surface area contributed by atoms with Gasteiger partial charge in [0.1, 0.15) is 0 Å². The highest BCUT2D eigenvalue weighted by molar-refractivity contribution is 5.51. The molecule has 2 aliphatic rings. The van der Waals surface area contributed by atoms with E-state index in [1.54, 1.807) is 7.11 Å². The number of benzene rings is 1.